The van der Waals surface area contributed by atoms with Crippen LogP contribution in [-0.2, 0) is 4.79 Å². The number of hydrogen-bond acceptors (Lipinski definition) is 3. The number of rotatable bonds is 4. The van der Waals surface area contributed by atoms with Crippen molar-refractivity contribution in [3.63, 3.8) is 0 Å². The van der Waals surface area contributed by atoms with Gasteiger partial charge in [0.2, 0.25) is 0 Å². The first-order valence-corrected chi connectivity index (χ1v) is 5.60. The van der Waals surface area contributed by atoms with Crippen LogP contribution in [0.2, 0.25) is 0 Å². The van der Waals surface area contributed by atoms with Gasteiger partial charge in [0.15, 0.2) is 11.6 Å². The van der Waals surface area contributed by atoms with Crippen molar-refractivity contribution in [3.8, 4) is 5.75 Å². The van der Waals surface area contributed by atoms with E-state index in [-0.39, 0.29) is 12.3 Å². The lowest BCUT2D eigenvalue weighted by Gasteiger charge is -2.07. The molecule has 0 unspecified atom stereocenters. The molecule has 0 radical (unpaired) electrons. The monoisotopic (exact) mass is 263 g/mol. The van der Waals surface area contributed by atoms with E-state index in [2.05, 4.69) is 5.32 Å². The van der Waals surface area contributed by atoms with Crippen molar-refractivity contribution in [2.45, 2.75) is 0 Å². The maximum absolute atomic E-state index is 13.2. The van der Waals surface area contributed by atoms with Gasteiger partial charge in [-0.05, 0) is 30.3 Å². The highest BCUT2D eigenvalue weighted by Gasteiger charge is 2.08. The molecule has 19 heavy (non-hydrogen) atoms. The zero-order valence-corrected chi connectivity index (χ0v) is 9.90. The van der Waals surface area contributed by atoms with Gasteiger partial charge < -0.3 is 10.1 Å². The molecule has 98 valence electrons. The number of benzene rings is 2. The highest BCUT2D eigenvalue weighted by atomic mass is 19.1. The molecule has 2 aromatic rings. The standard InChI is InChI=1S/C14H11F2NO2/c15-10-4-3-5-11(8-10)17-9-14(18)19-13-7-2-1-6-12(13)16/h1-8,17H,9H2. The number of hydrogen-bond donors (Lipinski definition) is 1. The average Bonchev–Trinajstić information content (AvgIpc) is 2.39. The molecule has 0 saturated carbocycles. The van der Waals surface area contributed by atoms with Gasteiger partial charge in [-0.3, -0.25) is 0 Å². The largest absolute Gasteiger partial charge is 0.422 e. The first kappa shape index (κ1) is 13.0. The van der Waals surface area contributed by atoms with Gasteiger partial charge in [0.1, 0.15) is 12.4 Å². The van der Waals surface area contributed by atoms with Crippen LogP contribution >= 0.6 is 0 Å². The molecule has 0 bridgehead atoms. The van der Waals surface area contributed by atoms with Crippen molar-refractivity contribution in [3.05, 3.63) is 60.2 Å². The SMILES string of the molecule is O=C(CNc1cccc(F)c1)Oc1ccccc1F. The Kier molecular flexibility index (Phi) is 4.07. The molecule has 1 N–H and O–H groups in total. The Morgan fingerprint density at radius 3 is 2.63 bits per heavy atom. The van der Waals surface area contributed by atoms with E-state index in [1.807, 2.05) is 0 Å². The lowest BCUT2D eigenvalue weighted by atomic mass is 10.3. The fourth-order valence-corrected chi connectivity index (χ4v) is 1.46. The predicted octanol–water partition coefficient (Wildman–Crippen LogP) is 2.98. The second-order valence-electron chi connectivity index (χ2n) is 3.77. The van der Waals surface area contributed by atoms with Gasteiger partial charge in [0.25, 0.3) is 0 Å². The summed E-state index contributed by atoms with van der Waals surface area (Å²) in [6.45, 7) is -0.183. The summed E-state index contributed by atoms with van der Waals surface area (Å²) in [5.41, 5.74) is 0.450. The topological polar surface area (TPSA) is 38.3 Å². The molecule has 2 rings (SSSR count). The van der Waals surface area contributed by atoms with Crippen molar-refractivity contribution in [2.75, 3.05) is 11.9 Å². The van der Waals surface area contributed by atoms with Crippen LogP contribution in [0.3, 0.4) is 0 Å². The summed E-state index contributed by atoms with van der Waals surface area (Å²) < 4.78 is 30.9. The Balaban J connectivity index is 1.90. The zero-order chi connectivity index (χ0) is 13.7. The number of halogens is 2. The van der Waals surface area contributed by atoms with Crippen LogP contribution in [0.1, 0.15) is 0 Å². The normalized spacial score (nSPS) is 10.0. The van der Waals surface area contributed by atoms with Crippen molar-refractivity contribution in [1.82, 2.24) is 0 Å². The van der Waals surface area contributed by atoms with Gasteiger partial charge >= 0.3 is 5.97 Å². The number of nitrogens with one attached hydrogen (secondary N) is 1. The molecule has 0 aliphatic heterocycles. The van der Waals surface area contributed by atoms with Crippen molar-refractivity contribution in [1.29, 1.82) is 0 Å². The van der Waals surface area contributed by atoms with E-state index in [4.69, 9.17) is 4.74 Å². The van der Waals surface area contributed by atoms with Crippen LogP contribution in [-0.4, -0.2) is 12.5 Å². The average molecular weight is 263 g/mol. The first-order chi connectivity index (χ1) is 9.15. The quantitative estimate of drug-likeness (QED) is 0.680. The van der Waals surface area contributed by atoms with E-state index in [0.717, 1.165) is 0 Å². The third-order valence-corrected chi connectivity index (χ3v) is 2.32. The van der Waals surface area contributed by atoms with Gasteiger partial charge in [-0.15, -0.1) is 0 Å². The van der Waals surface area contributed by atoms with Crippen LogP contribution in [0.25, 0.3) is 0 Å². The first-order valence-electron chi connectivity index (χ1n) is 5.60. The minimum absolute atomic E-state index is 0.131. The molecule has 0 aromatic heterocycles. The van der Waals surface area contributed by atoms with Crippen LogP contribution in [0.15, 0.2) is 48.5 Å². The Hall–Kier alpha value is -2.43. The van der Waals surface area contributed by atoms with Crippen molar-refractivity contribution in [2.24, 2.45) is 0 Å². The van der Waals surface area contributed by atoms with E-state index in [1.54, 1.807) is 12.1 Å². The van der Waals surface area contributed by atoms with E-state index in [9.17, 15) is 13.6 Å². The summed E-state index contributed by atoms with van der Waals surface area (Å²) in [6, 6.07) is 11.3. The van der Waals surface area contributed by atoms with E-state index in [0.29, 0.717) is 5.69 Å². The van der Waals surface area contributed by atoms with E-state index >= 15 is 0 Å². The number of carbonyl (C=O) groups excluding carboxylic acids is 1. The fourth-order valence-electron chi connectivity index (χ4n) is 1.46. The highest BCUT2D eigenvalue weighted by molar-refractivity contribution is 5.77. The molecule has 5 heteroatoms. The lowest BCUT2D eigenvalue weighted by molar-refractivity contribution is -0.132. The maximum Gasteiger partial charge on any atom is 0.330 e. The Bertz CT molecular complexity index is 587. The minimum atomic E-state index is -0.658. The molecule has 0 heterocycles. The Morgan fingerprint density at radius 2 is 1.89 bits per heavy atom. The van der Waals surface area contributed by atoms with Gasteiger partial charge in [0.05, 0.1) is 0 Å². The van der Waals surface area contributed by atoms with Gasteiger partial charge in [-0.1, -0.05) is 18.2 Å². The lowest BCUT2D eigenvalue weighted by Crippen LogP contribution is -2.20. The van der Waals surface area contributed by atoms with Crippen molar-refractivity contribution < 1.29 is 18.3 Å². The third-order valence-electron chi connectivity index (χ3n) is 2.32. The number of anilines is 1. The van der Waals surface area contributed by atoms with E-state index < -0.39 is 17.6 Å². The number of carbonyl (C=O) groups is 1. The summed E-state index contributed by atoms with van der Waals surface area (Å²) in [5, 5.41) is 2.69. The zero-order valence-electron chi connectivity index (χ0n) is 9.90. The van der Waals surface area contributed by atoms with Crippen LogP contribution in [0, 0.1) is 11.6 Å². The molecule has 2 aromatic carbocycles. The maximum atomic E-state index is 13.2. The highest BCUT2D eigenvalue weighted by Crippen LogP contribution is 2.15. The van der Waals surface area contributed by atoms with Crippen molar-refractivity contribution >= 4 is 11.7 Å². The Morgan fingerprint density at radius 1 is 1.11 bits per heavy atom. The Labute approximate surface area is 108 Å². The van der Waals surface area contributed by atoms with Crippen LogP contribution in [0.5, 0.6) is 5.75 Å². The molecular formula is C14H11F2NO2. The minimum Gasteiger partial charge on any atom is -0.422 e. The summed E-state index contributed by atoms with van der Waals surface area (Å²) >= 11 is 0. The van der Waals surface area contributed by atoms with Gasteiger partial charge in [-0.25, -0.2) is 13.6 Å². The second-order valence-corrected chi connectivity index (χ2v) is 3.77. The molecule has 3 nitrogen and oxygen atoms in total. The second kappa shape index (κ2) is 5.95. The molecule has 0 aliphatic carbocycles. The summed E-state index contributed by atoms with van der Waals surface area (Å²) in [4.78, 5) is 11.5. The summed E-state index contributed by atoms with van der Waals surface area (Å²) in [7, 11) is 0. The summed E-state index contributed by atoms with van der Waals surface area (Å²) in [6.07, 6.45) is 0. The fraction of sp³-hybridized carbons (Fsp3) is 0.0714. The van der Waals surface area contributed by atoms with Gasteiger partial charge in [0, 0.05) is 5.69 Å². The molecule has 0 amide bonds. The molecule has 0 saturated heterocycles. The molecule has 0 aliphatic rings. The van der Waals surface area contributed by atoms with Crippen LogP contribution < -0.4 is 10.1 Å². The molecule has 0 atom stereocenters. The third kappa shape index (κ3) is 3.77. The summed E-state index contributed by atoms with van der Waals surface area (Å²) in [5.74, 6) is -1.81. The van der Waals surface area contributed by atoms with E-state index in [1.165, 1.54) is 36.4 Å². The van der Waals surface area contributed by atoms with Gasteiger partial charge in [-0.2, -0.15) is 0 Å². The number of esters is 1. The smallest absolute Gasteiger partial charge is 0.330 e. The van der Waals surface area contributed by atoms with Crippen LogP contribution in [0.4, 0.5) is 14.5 Å². The molecule has 0 spiro atoms. The molecular weight excluding hydrogens is 252 g/mol. The predicted molar refractivity (Wildman–Crippen MR) is 66.9 cm³/mol. The number of para-hydroxylation sites is 1. The number of ether oxygens (including phenoxy) is 1. The molecule has 0 fully saturated rings.